The van der Waals surface area contributed by atoms with E-state index in [9.17, 15) is 5.11 Å². The molecule has 19 heavy (non-hydrogen) atoms. The third kappa shape index (κ3) is 3.41. The Hall–Kier alpha value is -0.780. The Labute approximate surface area is 122 Å². The maximum Gasteiger partial charge on any atom is 0.174 e. The van der Waals surface area contributed by atoms with Gasteiger partial charge in [0.1, 0.15) is 0 Å². The molecule has 0 amide bonds. The van der Waals surface area contributed by atoms with Crippen LogP contribution in [0.4, 0.5) is 0 Å². The van der Waals surface area contributed by atoms with Crippen molar-refractivity contribution in [3.8, 4) is 11.5 Å². The Morgan fingerprint density at radius 3 is 2.58 bits per heavy atom. The van der Waals surface area contributed by atoms with Gasteiger partial charge in [-0.25, -0.2) is 0 Å². The molecule has 1 aliphatic rings. The van der Waals surface area contributed by atoms with Gasteiger partial charge in [0.25, 0.3) is 0 Å². The SMILES string of the molecule is COc1cc(CNCC2(CO)CC2)cc(Br)c1OC. The smallest absolute Gasteiger partial charge is 0.174 e. The second-order valence-corrected chi connectivity index (χ2v) is 5.93. The summed E-state index contributed by atoms with van der Waals surface area (Å²) in [5, 5.41) is 12.7. The van der Waals surface area contributed by atoms with Gasteiger partial charge in [-0.15, -0.1) is 0 Å². The van der Waals surface area contributed by atoms with Crippen LogP contribution in [0, 0.1) is 5.41 Å². The van der Waals surface area contributed by atoms with Crippen molar-refractivity contribution in [3.05, 3.63) is 22.2 Å². The molecule has 0 unspecified atom stereocenters. The quantitative estimate of drug-likeness (QED) is 0.806. The Bertz CT molecular complexity index is 447. The van der Waals surface area contributed by atoms with Gasteiger partial charge < -0.3 is 19.9 Å². The summed E-state index contributed by atoms with van der Waals surface area (Å²) in [6, 6.07) is 3.99. The highest BCUT2D eigenvalue weighted by Gasteiger charge is 2.41. The number of ether oxygens (including phenoxy) is 2. The average Bonchev–Trinajstić information content (AvgIpc) is 3.18. The minimum absolute atomic E-state index is 0.133. The minimum atomic E-state index is 0.133. The molecule has 106 valence electrons. The molecule has 1 fully saturated rings. The lowest BCUT2D eigenvalue weighted by Gasteiger charge is -2.15. The molecular weight excluding hydrogens is 310 g/mol. The van der Waals surface area contributed by atoms with E-state index in [1.54, 1.807) is 14.2 Å². The van der Waals surface area contributed by atoms with E-state index in [4.69, 9.17) is 9.47 Å². The highest BCUT2D eigenvalue weighted by Crippen LogP contribution is 2.44. The molecule has 2 rings (SSSR count). The maximum absolute atomic E-state index is 9.26. The van der Waals surface area contributed by atoms with E-state index >= 15 is 0 Å². The van der Waals surface area contributed by atoms with E-state index in [-0.39, 0.29) is 12.0 Å². The number of nitrogens with one attached hydrogen (secondary N) is 1. The van der Waals surface area contributed by atoms with Crippen molar-refractivity contribution in [2.45, 2.75) is 19.4 Å². The molecule has 1 aromatic rings. The van der Waals surface area contributed by atoms with Gasteiger partial charge in [-0.05, 0) is 46.5 Å². The third-order valence-electron chi connectivity index (χ3n) is 3.61. The van der Waals surface area contributed by atoms with Gasteiger partial charge in [-0.2, -0.15) is 0 Å². The highest BCUT2D eigenvalue weighted by atomic mass is 79.9. The van der Waals surface area contributed by atoms with Gasteiger partial charge in [0.05, 0.1) is 18.7 Å². The van der Waals surface area contributed by atoms with Crippen molar-refractivity contribution in [2.75, 3.05) is 27.4 Å². The molecule has 4 nitrogen and oxygen atoms in total. The van der Waals surface area contributed by atoms with Crippen molar-refractivity contribution in [1.29, 1.82) is 0 Å². The molecule has 0 aromatic heterocycles. The summed E-state index contributed by atoms with van der Waals surface area (Å²) in [7, 11) is 3.26. The Morgan fingerprint density at radius 1 is 1.32 bits per heavy atom. The Balaban J connectivity index is 1.98. The fourth-order valence-electron chi connectivity index (χ4n) is 2.11. The van der Waals surface area contributed by atoms with Gasteiger partial charge in [0, 0.05) is 25.1 Å². The van der Waals surface area contributed by atoms with Crippen LogP contribution in [0.5, 0.6) is 11.5 Å². The monoisotopic (exact) mass is 329 g/mol. The number of aliphatic hydroxyl groups is 1. The van der Waals surface area contributed by atoms with Crippen molar-refractivity contribution >= 4 is 15.9 Å². The van der Waals surface area contributed by atoms with Crippen LogP contribution in [0.15, 0.2) is 16.6 Å². The molecular formula is C14H20BrNO3. The zero-order chi connectivity index (χ0) is 13.9. The lowest BCUT2D eigenvalue weighted by Crippen LogP contribution is -2.26. The lowest BCUT2D eigenvalue weighted by molar-refractivity contribution is 0.207. The van der Waals surface area contributed by atoms with Gasteiger partial charge in [-0.1, -0.05) is 0 Å². The maximum atomic E-state index is 9.26. The van der Waals surface area contributed by atoms with Crippen molar-refractivity contribution < 1.29 is 14.6 Å². The molecule has 5 heteroatoms. The van der Waals surface area contributed by atoms with E-state index in [2.05, 4.69) is 21.2 Å². The highest BCUT2D eigenvalue weighted by molar-refractivity contribution is 9.10. The molecule has 0 radical (unpaired) electrons. The van der Waals surface area contributed by atoms with Crippen molar-refractivity contribution in [1.82, 2.24) is 5.32 Å². The first-order valence-electron chi connectivity index (χ1n) is 6.36. The van der Waals surface area contributed by atoms with Gasteiger partial charge in [0.15, 0.2) is 11.5 Å². The first kappa shape index (κ1) is 14.6. The van der Waals surface area contributed by atoms with Gasteiger partial charge >= 0.3 is 0 Å². The molecule has 0 saturated heterocycles. The number of halogens is 1. The second-order valence-electron chi connectivity index (χ2n) is 5.07. The number of hydrogen-bond acceptors (Lipinski definition) is 4. The van der Waals surface area contributed by atoms with Crippen LogP contribution in [-0.2, 0) is 6.54 Å². The van der Waals surface area contributed by atoms with E-state index < -0.39 is 0 Å². The lowest BCUT2D eigenvalue weighted by atomic mass is 10.1. The summed E-state index contributed by atoms with van der Waals surface area (Å²) in [5.41, 5.74) is 1.26. The second kappa shape index (κ2) is 6.11. The van der Waals surface area contributed by atoms with Crippen molar-refractivity contribution in [3.63, 3.8) is 0 Å². The zero-order valence-electron chi connectivity index (χ0n) is 11.3. The third-order valence-corrected chi connectivity index (χ3v) is 4.20. The summed E-state index contributed by atoms with van der Waals surface area (Å²) < 4.78 is 11.5. The fraction of sp³-hybridized carbons (Fsp3) is 0.571. The first-order chi connectivity index (χ1) is 9.14. The van der Waals surface area contributed by atoms with Crippen LogP contribution in [0.3, 0.4) is 0 Å². The standard InChI is InChI=1S/C14H20BrNO3/c1-18-12-6-10(5-11(15)13(12)19-2)7-16-8-14(9-17)3-4-14/h5-6,16-17H,3-4,7-9H2,1-2H3. The van der Waals surface area contributed by atoms with Crippen molar-refractivity contribution in [2.24, 2.45) is 5.41 Å². The van der Waals surface area contributed by atoms with Crippen LogP contribution >= 0.6 is 15.9 Å². The predicted molar refractivity (Wildman–Crippen MR) is 77.7 cm³/mol. The van der Waals surface area contributed by atoms with E-state index in [1.807, 2.05) is 12.1 Å². The van der Waals surface area contributed by atoms with Gasteiger partial charge in [0.2, 0.25) is 0 Å². The topological polar surface area (TPSA) is 50.7 Å². The molecule has 0 aliphatic heterocycles. The number of hydrogen-bond donors (Lipinski definition) is 2. The molecule has 1 aromatic carbocycles. The molecule has 0 atom stereocenters. The van der Waals surface area contributed by atoms with E-state index in [1.165, 1.54) is 0 Å². The minimum Gasteiger partial charge on any atom is -0.493 e. The summed E-state index contributed by atoms with van der Waals surface area (Å²) >= 11 is 3.48. The Kier molecular flexibility index (Phi) is 4.71. The largest absolute Gasteiger partial charge is 0.493 e. The van der Waals surface area contributed by atoms with E-state index in [0.717, 1.165) is 41.7 Å². The molecule has 1 saturated carbocycles. The predicted octanol–water partition coefficient (Wildman–Crippen LogP) is 2.33. The van der Waals surface area contributed by atoms with Crippen LogP contribution in [0.2, 0.25) is 0 Å². The first-order valence-corrected chi connectivity index (χ1v) is 7.15. The van der Waals surface area contributed by atoms with Crippen LogP contribution in [0.1, 0.15) is 18.4 Å². The van der Waals surface area contributed by atoms with Crippen LogP contribution in [-0.4, -0.2) is 32.5 Å². The summed E-state index contributed by atoms with van der Waals surface area (Å²) in [4.78, 5) is 0. The molecule has 0 heterocycles. The Morgan fingerprint density at radius 2 is 2.05 bits per heavy atom. The molecule has 2 N–H and O–H groups in total. The number of methoxy groups -OCH3 is 2. The average molecular weight is 330 g/mol. The summed E-state index contributed by atoms with van der Waals surface area (Å²) in [6.45, 7) is 1.88. The van der Waals surface area contributed by atoms with E-state index in [0.29, 0.717) is 5.75 Å². The normalized spacial score (nSPS) is 16.2. The summed E-state index contributed by atoms with van der Waals surface area (Å²) in [6.07, 6.45) is 2.23. The molecule has 1 aliphatic carbocycles. The number of aliphatic hydroxyl groups excluding tert-OH is 1. The number of rotatable bonds is 7. The van der Waals surface area contributed by atoms with Gasteiger partial charge in [-0.3, -0.25) is 0 Å². The van der Waals surface area contributed by atoms with Crippen LogP contribution in [0.25, 0.3) is 0 Å². The number of benzene rings is 1. The zero-order valence-corrected chi connectivity index (χ0v) is 12.9. The van der Waals surface area contributed by atoms with Crippen LogP contribution < -0.4 is 14.8 Å². The summed E-state index contributed by atoms with van der Waals surface area (Å²) in [5.74, 6) is 1.43. The fourth-order valence-corrected chi connectivity index (χ4v) is 2.76. The molecule has 0 bridgehead atoms. The molecule has 0 spiro atoms.